The molecule has 0 aliphatic heterocycles. The van der Waals surface area contributed by atoms with E-state index in [1.165, 1.54) is 0 Å². The van der Waals surface area contributed by atoms with Crippen molar-refractivity contribution in [1.82, 2.24) is 0 Å². The van der Waals surface area contributed by atoms with Gasteiger partial charge in [-0.15, -0.1) is 0 Å². The zero-order valence-corrected chi connectivity index (χ0v) is 25.7. The molecule has 0 spiro atoms. The van der Waals surface area contributed by atoms with Crippen LogP contribution in [0.2, 0.25) is 0 Å². The smallest absolute Gasteiger partial charge is 0.143 e. The molecule has 1 heterocycles. The van der Waals surface area contributed by atoms with Gasteiger partial charge >= 0.3 is 0 Å². The Bertz CT molecular complexity index is 3510. The zero-order chi connectivity index (χ0) is 43.6. The average Bonchev–Trinajstić information content (AvgIpc) is 3.67. The lowest BCUT2D eigenvalue weighted by Crippen LogP contribution is -1.91. The minimum Gasteiger partial charge on any atom is -0.455 e. The fourth-order valence-electron chi connectivity index (χ4n) is 7.02. The summed E-state index contributed by atoms with van der Waals surface area (Å²) in [4.78, 5) is 0. The molecule has 49 heavy (non-hydrogen) atoms. The van der Waals surface area contributed by atoms with E-state index in [0.717, 1.165) is 21.5 Å². The van der Waals surface area contributed by atoms with Crippen LogP contribution in [0.1, 0.15) is 17.8 Å². The van der Waals surface area contributed by atoms with Crippen LogP contribution in [0.25, 0.3) is 98.8 Å². The van der Waals surface area contributed by atoms with Gasteiger partial charge in [0.05, 0.1) is 17.8 Å². The first-order valence-corrected chi connectivity index (χ1v) is 15.8. The van der Waals surface area contributed by atoms with Crippen molar-refractivity contribution in [1.29, 1.82) is 0 Å². The van der Waals surface area contributed by atoms with E-state index in [1.54, 1.807) is 48.5 Å². The summed E-state index contributed by atoms with van der Waals surface area (Å²) in [5, 5.41) is 4.20. The average molecular weight is 636 g/mol. The molecule has 0 unspecified atom stereocenters. The SMILES string of the molecule is [2H]c1c([2H])c([2H])c(-c2ccc3oc(-c4ccc5c(ccc6ccccc65)c4)c(-c4c5c([2H])c([2H])c([2H])c([2H])c5c(-c5ccccc5)c5c([2H])c([2H])c([2H])c([2H])c45)c3c2)c([2H])c1[2H]. The molecule has 0 amide bonds. The predicted molar refractivity (Wildman–Crippen MR) is 208 cm³/mol. The van der Waals surface area contributed by atoms with Gasteiger partial charge in [-0.05, 0) is 83.5 Å². The van der Waals surface area contributed by atoms with E-state index < -0.39 is 78.6 Å². The van der Waals surface area contributed by atoms with Crippen molar-refractivity contribution in [3.63, 3.8) is 0 Å². The number of hydrogen-bond acceptors (Lipinski definition) is 1. The summed E-state index contributed by atoms with van der Waals surface area (Å²) in [6.45, 7) is 0. The largest absolute Gasteiger partial charge is 0.455 e. The van der Waals surface area contributed by atoms with Gasteiger partial charge in [0.1, 0.15) is 11.3 Å². The lowest BCUT2D eigenvalue weighted by molar-refractivity contribution is 0.632. The molecule has 9 aromatic carbocycles. The van der Waals surface area contributed by atoms with Gasteiger partial charge in [-0.25, -0.2) is 0 Å². The maximum Gasteiger partial charge on any atom is 0.143 e. The molecule has 0 saturated heterocycles. The Balaban J connectivity index is 1.46. The Labute approximate surface area is 302 Å². The number of fused-ring (bicyclic) bond motifs is 6. The maximum atomic E-state index is 9.57. The Morgan fingerprint density at radius 1 is 0.347 bits per heavy atom. The van der Waals surface area contributed by atoms with E-state index in [1.807, 2.05) is 54.6 Å². The fraction of sp³-hybridized carbons (Fsp3) is 0. The van der Waals surface area contributed by atoms with Gasteiger partial charge in [0.15, 0.2) is 0 Å². The van der Waals surface area contributed by atoms with E-state index in [9.17, 15) is 5.48 Å². The number of rotatable bonds is 4. The first kappa shape index (κ1) is 17.6. The molecule has 0 aliphatic rings. The minimum atomic E-state index is -0.560. The molecule has 1 aromatic heterocycles. The molecular weight excluding hydrogens is 593 g/mol. The molecule has 10 aromatic rings. The van der Waals surface area contributed by atoms with Crippen molar-refractivity contribution in [3.05, 3.63) is 182 Å². The highest BCUT2D eigenvalue weighted by Crippen LogP contribution is 2.50. The van der Waals surface area contributed by atoms with Gasteiger partial charge in [0, 0.05) is 22.1 Å². The minimum absolute atomic E-state index is 0.0173. The van der Waals surface area contributed by atoms with E-state index in [2.05, 4.69) is 0 Å². The van der Waals surface area contributed by atoms with Gasteiger partial charge in [-0.1, -0.05) is 163 Å². The highest BCUT2D eigenvalue weighted by Gasteiger charge is 2.24. The highest BCUT2D eigenvalue weighted by molar-refractivity contribution is 6.25. The van der Waals surface area contributed by atoms with Crippen LogP contribution in [0.4, 0.5) is 0 Å². The Hall–Kier alpha value is -6.44. The second-order valence-corrected chi connectivity index (χ2v) is 11.9. The Morgan fingerprint density at radius 3 is 1.71 bits per heavy atom. The Kier molecular flexibility index (Phi) is 3.99. The highest BCUT2D eigenvalue weighted by atomic mass is 16.3. The van der Waals surface area contributed by atoms with Crippen molar-refractivity contribution < 1.29 is 22.2 Å². The molecule has 0 saturated carbocycles. The molecule has 0 radical (unpaired) electrons. The third-order valence-electron chi connectivity index (χ3n) is 9.17. The zero-order valence-electron chi connectivity index (χ0n) is 38.7. The van der Waals surface area contributed by atoms with Crippen molar-refractivity contribution >= 4 is 54.1 Å². The van der Waals surface area contributed by atoms with Crippen LogP contribution < -0.4 is 0 Å². The summed E-state index contributed by atoms with van der Waals surface area (Å²) in [7, 11) is 0. The number of furan rings is 1. The summed E-state index contributed by atoms with van der Waals surface area (Å²) in [6.07, 6.45) is 0. The lowest BCUT2D eigenvalue weighted by Gasteiger charge is -2.18. The lowest BCUT2D eigenvalue weighted by atomic mass is 9.84. The van der Waals surface area contributed by atoms with Crippen molar-refractivity contribution in [2.24, 2.45) is 0 Å². The van der Waals surface area contributed by atoms with E-state index in [-0.39, 0.29) is 60.7 Å². The normalized spacial score (nSPS) is 15.4. The second-order valence-electron chi connectivity index (χ2n) is 11.9. The first-order chi connectivity index (χ1) is 29.7. The standard InChI is InChI=1S/C48H30O/c1-3-13-31(14-4-1)34-26-28-44-43(30-34)47(48(49-44)36-25-27-38-35(29-36)24-23-32-15-7-8-18-37(32)38)46-41-21-11-9-19-39(41)45(33-16-5-2-6-17-33)40-20-10-12-22-42(40)46/h1-30H/i1D,3D,4D,9D,10D,11D,12D,13D,14D,19D,20D,21D,22D. The second kappa shape index (κ2) is 11.1. The van der Waals surface area contributed by atoms with E-state index >= 15 is 0 Å². The molecule has 0 aliphatic carbocycles. The van der Waals surface area contributed by atoms with E-state index in [4.69, 9.17) is 16.8 Å². The molecule has 0 fully saturated rings. The van der Waals surface area contributed by atoms with Crippen LogP contribution in [0.5, 0.6) is 0 Å². The van der Waals surface area contributed by atoms with Crippen LogP contribution in [-0.2, 0) is 0 Å². The third kappa shape index (κ3) is 4.40. The third-order valence-corrected chi connectivity index (χ3v) is 9.17. The van der Waals surface area contributed by atoms with Crippen molar-refractivity contribution in [2.45, 2.75) is 0 Å². The molecule has 0 atom stereocenters. The molecule has 0 N–H and O–H groups in total. The number of benzene rings is 9. The van der Waals surface area contributed by atoms with Crippen molar-refractivity contribution in [2.75, 3.05) is 0 Å². The quantitative estimate of drug-likeness (QED) is 0.139. The summed E-state index contributed by atoms with van der Waals surface area (Å²) >= 11 is 0. The van der Waals surface area contributed by atoms with E-state index in [0.29, 0.717) is 16.5 Å². The van der Waals surface area contributed by atoms with Crippen molar-refractivity contribution in [3.8, 4) is 44.7 Å². The van der Waals surface area contributed by atoms with Crippen LogP contribution in [-0.4, -0.2) is 0 Å². The molecule has 1 heteroatoms. The van der Waals surface area contributed by atoms with Crippen LogP contribution >= 0.6 is 0 Å². The van der Waals surface area contributed by atoms with Crippen LogP contribution in [0, 0.1) is 0 Å². The summed E-state index contributed by atoms with van der Waals surface area (Å²) in [6, 6.07) is 24.7. The van der Waals surface area contributed by atoms with Crippen LogP contribution in [0.3, 0.4) is 0 Å². The summed E-state index contributed by atoms with van der Waals surface area (Å²) in [5.74, 6) is 0.211. The first-order valence-electron chi connectivity index (χ1n) is 22.3. The summed E-state index contributed by atoms with van der Waals surface area (Å²) < 4.78 is 123. The fourth-order valence-corrected chi connectivity index (χ4v) is 7.02. The molecule has 0 bridgehead atoms. The monoisotopic (exact) mass is 635 g/mol. The van der Waals surface area contributed by atoms with Gasteiger partial charge < -0.3 is 4.42 Å². The maximum absolute atomic E-state index is 9.57. The molecule has 10 rings (SSSR count). The predicted octanol–water partition coefficient (Wildman–Crippen LogP) is 13.7. The van der Waals surface area contributed by atoms with Gasteiger partial charge in [0.25, 0.3) is 0 Å². The molecule has 1 nitrogen and oxygen atoms in total. The van der Waals surface area contributed by atoms with Gasteiger partial charge in [0.2, 0.25) is 0 Å². The Morgan fingerprint density at radius 2 is 0.959 bits per heavy atom. The number of hydrogen-bond donors (Lipinski definition) is 0. The van der Waals surface area contributed by atoms with Gasteiger partial charge in [-0.3, -0.25) is 0 Å². The van der Waals surface area contributed by atoms with Gasteiger partial charge in [-0.2, -0.15) is 0 Å². The molecular formula is C48H30O. The summed E-state index contributed by atoms with van der Waals surface area (Å²) in [5.41, 5.74) is 1.89. The topological polar surface area (TPSA) is 13.1 Å². The molecule has 228 valence electrons. The van der Waals surface area contributed by atoms with Crippen LogP contribution in [0.15, 0.2) is 186 Å².